The highest BCUT2D eigenvalue weighted by molar-refractivity contribution is 7.93. The van der Waals surface area contributed by atoms with Crippen LogP contribution in [0.1, 0.15) is 5.56 Å². The van der Waals surface area contributed by atoms with E-state index in [0.29, 0.717) is 23.3 Å². The normalized spacial score (nSPS) is 11.7. The number of hydrogen-bond acceptors (Lipinski definition) is 6. The predicted molar refractivity (Wildman–Crippen MR) is 96.0 cm³/mol. The molecular weight excluding hydrogens is 358 g/mol. The molecule has 2 aromatic heterocycles. The van der Waals surface area contributed by atoms with Crippen molar-refractivity contribution in [1.29, 1.82) is 0 Å². The molecule has 0 aliphatic rings. The van der Waals surface area contributed by atoms with Gasteiger partial charge in [-0.15, -0.1) is 0 Å². The van der Waals surface area contributed by atoms with Crippen molar-refractivity contribution < 1.29 is 8.42 Å². The Morgan fingerprint density at radius 3 is 2.80 bits per heavy atom. The first kappa shape index (κ1) is 15.7. The molecule has 0 saturated heterocycles. The Labute approximate surface area is 148 Å². The van der Waals surface area contributed by atoms with Crippen LogP contribution in [0.4, 0.5) is 5.69 Å². The second-order valence-electron chi connectivity index (χ2n) is 5.40. The highest BCUT2D eigenvalue weighted by Gasteiger charge is 2.19. The first-order valence-corrected chi connectivity index (χ1v) is 9.64. The van der Waals surface area contributed by atoms with Crippen LogP contribution in [0.2, 0.25) is 0 Å². The SMILES string of the molecule is O=S(=O)(Nc1cccc(Cn2cccn2)c1)c1cccc2nsnc12. The fraction of sp³-hybridized carbons (Fsp3) is 0.0625. The highest BCUT2D eigenvalue weighted by atomic mass is 32.2. The van der Waals surface area contributed by atoms with Gasteiger partial charge in [-0.25, -0.2) is 8.42 Å². The number of nitrogens with one attached hydrogen (secondary N) is 1. The van der Waals surface area contributed by atoms with Crippen molar-refractivity contribution in [2.75, 3.05) is 4.72 Å². The van der Waals surface area contributed by atoms with Crippen molar-refractivity contribution in [3.63, 3.8) is 0 Å². The van der Waals surface area contributed by atoms with E-state index in [1.165, 1.54) is 6.07 Å². The minimum atomic E-state index is -3.76. The van der Waals surface area contributed by atoms with Crippen LogP contribution in [0.15, 0.2) is 65.8 Å². The third-order valence-corrected chi connectivity index (χ3v) is 5.58. The van der Waals surface area contributed by atoms with Crippen molar-refractivity contribution >= 4 is 38.5 Å². The maximum atomic E-state index is 12.8. The van der Waals surface area contributed by atoms with Gasteiger partial charge in [0.25, 0.3) is 10.0 Å². The van der Waals surface area contributed by atoms with Gasteiger partial charge in [0.05, 0.1) is 18.3 Å². The summed E-state index contributed by atoms with van der Waals surface area (Å²) in [5, 5.41) is 4.16. The summed E-state index contributed by atoms with van der Waals surface area (Å²) in [5.41, 5.74) is 2.38. The number of benzene rings is 2. The summed E-state index contributed by atoms with van der Waals surface area (Å²) in [5.74, 6) is 0. The van der Waals surface area contributed by atoms with E-state index < -0.39 is 10.0 Å². The predicted octanol–water partition coefficient (Wildman–Crippen LogP) is 2.74. The molecule has 0 fully saturated rings. The average molecular weight is 371 g/mol. The lowest BCUT2D eigenvalue weighted by Crippen LogP contribution is -2.13. The van der Waals surface area contributed by atoms with Crippen molar-refractivity contribution in [3.05, 3.63) is 66.5 Å². The van der Waals surface area contributed by atoms with E-state index in [2.05, 4.69) is 18.6 Å². The Balaban J connectivity index is 1.64. The van der Waals surface area contributed by atoms with Gasteiger partial charge in [0.1, 0.15) is 15.9 Å². The molecule has 2 aromatic carbocycles. The van der Waals surface area contributed by atoms with Crippen LogP contribution in [0, 0.1) is 0 Å². The molecule has 1 N–H and O–H groups in total. The summed E-state index contributed by atoms with van der Waals surface area (Å²) in [6.45, 7) is 0.564. The number of rotatable bonds is 5. The van der Waals surface area contributed by atoms with Crippen LogP contribution in [0.3, 0.4) is 0 Å². The minimum Gasteiger partial charge on any atom is -0.280 e. The summed E-state index contributed by atoms with van der Waals surface area (Å²) in [6, 6.07) is 14.0. The first-order valence-electron chi connectivity index (χ1n) is 7.42. The molecular formula is C16H13N5O2S2. The number of nitrogens with zero attached hydrogens (tertiary/aromatic N) is 4. The summed E-state index contributed by atoms with van der Waals surface area (Å²) in [6.07, 6.45) is 3.56. The van der Waals surface area contributed by atoms with Crippen molar-refractivity contribution in [2.24, 2.45) is 0 Å². The molecule has 2 heterocycles. The molecule has 7 nitrogen and oxygen atoms in total. The molecule has 0 saturated carbocycles. The van der Waals surface area contributed by atoms with Crippen molar-refractivity contribution in [1.82, 2.24) is 18.5 Å². The van der Waals surface area contributed by atoms with Crippen LogP contribution < -0.4 is 4.72 Å². The van der Waals surface area contributed by atoms with Gasteiger partial charge in [0, 0.05) is 18.1 Å². The number of sulfonamides is 1. The Hall–Kier alpha value is -2.78. The highest BCUT2D eigenvalue weighted by Crippen LogP contribution is 2.24. The van der Waals surface area contributed by atoms with Crippen LogP contribution in [0.5, 0.6) is 0 Å². The van der Waals surface area contributed by atoms with E-state index in [-0.39, 0.29) is 4.90 Å². The molecule has 0 amide bonds. The van der Waals surface area contributed by atoms with Crippen LogP contribution >= 0.6 is 11.7 Å². The van der Waals surface area contributed by atoms with Gasteiger partial charge in [-0.1, -0.05) is 18.2 Å². The lowest BCUT2D eigenvalue weighted by Gasteiger charge is -2.10. The Kier molecular flexibility index (Phi) is 3.94. The maximum Gasteiger partial charge on any atom is 0.264 e. The summed E-state index contributed by atoms with van der Waals surface area (Å²) in [7, 11) is -3.76. The van der Waals surface area contributed by atoms with E-state index in [1.807, 2.05) is 24.4 Å². The van der Waals surface area contributed by atoms with Gasteiger partial charge in [0.2, 0.25) is 0 Å². The van der Waals surface area contributed by atoms with Crippen LogP contribution in [-0.2, 0) is 16.6 Å². The smallest absolute Gasteiger partial charge is 0.264 e. The molecule has 0 aliphatic carbocycles. The van der Waals surface area contributed by atoms with Gasteiger partial charge in [-0.2, -0.15) is 13.8 Å². The van der Waals surface area contributed by atoms with Gasteiger partial charge >= 0.3 is 0 Å². The Morgan fingerprint density at radius 2 is 1.96 bits per heavy atom. The quantitative estimate of drug-likeness (QED) is 0.583. The molecule has 25 heavy (non-hydrogen) atoms. The van der Waals surface area contributed by atoms with Gasteiger partial charge in [0.15, 0.2) is 0 Å². The number of fused-ring (bicyclic) bond motifs is 1. The second kappa shape index (κ2) is 6.26. The topological polar surface area (TPSA) is 89.8 Å². The van der Waals surface area contributed by atoms with Crippen molar-refractivity contribution in [2.45, 2.75) is 11.4 Å². The maximum absolute atomic E-state index is 12.8. The minimum absolute atomic E-state index is 0.122. The lowest BCUT2D eigenvalue weighted by atomic mass is 10.2. The zero-order valence-corrected chi connectivity index (χ0v) is 14.5. The molecule has 9 heteroatoms. The Bertz CT molecular complexity index is 1120. The monoisotopic (exact) mass is 371 g/mol. The van der Waals surface area contributed by atoms with E-state index in [0.717, 1.165) is 17.3 Å². The summed E-state index contributed by atoms with van der Waals surface area (Å²) in [4.78, 5) is 0.122. The molecule has 0 aliphatic heterocycles. The third kappa shape index (κ3) is 3.24. The lowest BCUT2D eigenvalue weighted by molar-refractivity contribution is 0.602. The second-order valence-corrected chi connectivity index (χ2v) is 7.58. The van der Waals surface area contributed by atoms with Gasteiger partial charge < -0.3 is 0 Å². The molecule has 4 aromatic rings. The van der Waals surface area contributed by atoms with Crippen LogP contribution in [-0.4, -0.2) is 26.9 Å². The fourth-order valence-electron chi connectivity index (χ4n) is 2.52. The van der Waals surface area contributed by atoms with Gasteiger partial charge in [-0.3, -0.25) is 9.40 Å². The van der Waals surface area contributed by atoms with E-state index in [9.17, 15) is 8.42 Å². The number of hydrogen-bond donors (Lipinski definition) is 1. The van der Waals surface area contributed by atoms with E-state index >= 15 is 0 Å². The van der Waals surface area contributed by atoms with E-state index in [4.69, 9.17) is 0 Å². The third-order valence-electron chi connectivity index (χ3n) is 3.62. The standard InChI is InChI=1S/C16H13N5O2S2/c22-25(23,15-7-2-6-14-16(15)19-24-18-14)20-13-5-1-4-12(10-13)11-21-9-3-8-17-21/h1-10,20H,11H2. The largest absolute Gasteiger partial charge is 0.280 e. The fourth-order valence-corrected chi connectivity index (χ4v) is 4.34. The molecule has 0 atom stereocenters. The Morgan fingerprint density at radius 1 is 1.08 bits per heavy atom. The van der Waals surface area contributed by atoms with Crippen molar-refractivity contribution in [3.8, 4) is 0 Å². The van der Waals surface area contributed by atoms with E-state index in [1.54, 1.807) is 35.1 Å². The molecule has 0 bridgehead atoms. The molecule has 4 rings (SSSR count). The molecule has 126 valence electrons. The summed E-state index contributed by atoms with van der Waals surface area (Å²) < 4.78 is 38.1. The molecule has 0 radical (unpaired) electrons. The van der Waals surface area contributed by atoms with Gasteiger partial charge in [-0.05, 0) is 35.9 Å². The number of aromatic nitrogens is 4. The average Bonchev–Trinajstić information content (AvgIpc) is 3.25. The zero-order valence-electron chi connectivity index (χ0n) is 12.9. The summed E-state index contributed by atoms with van der Waals surface area (Å²) >= 11 is 0.992. The molecule has 0 unspecified atom stereocenters. The zero-order chi connectivity index (χ0) is 17.3. The number of anilines is 1. The van der Waals surface area contributed by atoms with Crippen LogP contribution in [0.25, 0.3) is 11.0 Å². The molecule has 0 spiro atoms. The first-order chi connectivity index (χ1) is 12.1.